The number of carbonyl (C=O) groups excluding carboxylic acids is 2. The fourth-order valence-electron chi connectivity index (χ4n) is 4.23. The van der Waals surface area contributed by atoms with Gasteiger partial charge in [0.2, 0.25) is 0 Å². The minimum absolute atomic E-state index is 0.278. The van der Waals surface area contributed by atoms with Crippen LogP contribution in [-0.2, 0) is 35.1 Å². The van der Waals surface area contributed by atoms with Gasteiger partial charge in [0.1, 0.15) is 12.2 Å². The molecular weight excluding hydrogens is 432 g/mol. The second kappa shape index (κ2) is 14.1. The molecule has 1 aromatic rings. The number of fused-ring (bicyclic) bond motifs is 2. The maximum atomic E-state index is 13.0. The first kappa shape index (κ1) is 26.2. The fraction of sp³-hybridized carbons (Fsp3) is 0.571. The van der Waals surface area contributed by atoms with E-state index in [1.165, 1.54) is 0 Å². The van der Waals surface area contributed by atoms with E-state index >= 15 is 0 Å². The Morgan fingerprint density at radius 3 is 2.03 bits per heavy atom. The van der Waals surface area contributed by atoms with Crippen molar-refractivity contribution in [1.82, 2.24) is 0 Å². The highest BCUT2D eigenvalue weighted by Gasteiger charge is 2.48. The molecule has 0 saturated carbocycles. The van der Waals surface area contributed by atoms with Crippen molar-refractivity contribution in [2.24, 2.45) is 0 Å². The van der Waals surface area contributed by atoms with Gasteiger partial charge in [-0.25, -0.2) is 9.59 Å². The van der Waals surface area contributed by atoms with Crippen LogP contribution in [0.25, 0.3) is 0 Å². The van der Waals surface area contributed by atoms with E-state index in [4.69, 9.17) is 18.9 Å². The molecule has 2 aliphatic rings. The Morgan fingerprint density at radius 2 is 1.41 bits per heavy atom. The lowest BCUT2D eigenvalue weighted by Crippen LogP contribution is -2.26. The van der Waals surface area contributed by atoms with E-state index < -0.39 is 24.1 Å². The molecule has 3 rings (SSSR count). The van der Waals surface area contributed by atoms with E-state index in [1.54, 1.807) is 0 Å². The third-order valence-corrected chi connectivity index (χ3v) is 6.10. The first-order valence-corrected chi connectivity index (χ1v) is 12.7. The molecule has 2 heterocycles. The summed E-state index contributed by atoms with van der Waals surface area (Å²) in [5, 5.41) is 0. The van der Waals surface area contributed by atoms with Gasteiger partial charge in [-0.2, -0.15) is 0 Å². The minimum atomic E-state index is -0.619. The summed E-state index contributed by atoms with van der Waals surface area (Å²) >= 11 is 0. The van der Waals surface area contributed by atoms with Gasteiger partial charge in [0.15, 0.2) is 0 Å². The van der Waals surface area contributed by atoms with Gasteiger partial charge in [-0.3, -0.25) is 0 Å². The van der Waals surface area contributed by atoms with Crippen LogP contribution in [0, 0.1) is 0 Å². The maximum Gasteiger partial charge on any atom is 0.337 e. The number of rotatable bonds is 16. The van der Waals surface area contributed by atoms with Crippen LogP contribution in [0.15, 0.2) is 53.1 Å². The Morgan fingerprint density at radius 1 is 0.794 bits per heavy atom. The van der Waals surface area contributed by atoms with Crippen molar-refractivity contribution in [3.63, 3.8) is 0 Å². The zero-order valence-corrected chi connectivity index (χ0v) is 20.6. The number of benzene rings is 1. The zero-order valence-electron chi connectivity index (χ0n) is 20.6. The quantitative estimate of drug-likeness (QED) is 0.182. The highest BCUT2D eigenvalue weighted by Crippen LogP contribution is 2.40. The molecule has 0 N–H and O–H groups in total. The first-order chi connectivity index (χ1) is 16.7. The van der Waals surface area contributed by atoms with Crippen LogP contribution in [0.1, 0.15) is 70.8 Å². The molecule has 6 heteroatoms. The van der Waals surface area contributed by atoms with Gasteiger partial charge in [-0.1, -0.05) is 82.7 Å². The van der Waals surface area contributed by atoms with Crippen molar-refractivity contribution in [3.8, 4) is 0 Å². The van der Waals surface area contributed by atoms with E-state index in [9.17, 15) is 9.59 Å². The van der Waals surface area contributed by atoms with Crippen LogP contribution >= 0.6 is 0 Å². The maximum absolute atomic E-state index is 13.0. The lowest BCUT2D eigenvalue weighted by atomic mass is 9.91. The molecule has 2 bridgehead atoms. The van der Waals surface area contributed by atoms with Gasteiger partial charge < -0.3 is 18.9 Å². The van der Waals surface area contributed by atoms with Crippen LogP contribution in [0.2, 0.25) is 0 Å². The monoisotopic (exact) mass is 470 g/mol. The van der Waals surface area contributed by atoms with Gasteiger partial charge in [0.05, 0.1) is 37.6 Å². The Labute approximate surface area is 203 Å². The predicted molar refractivity (Wildman–Crippen MR) is 130 cm³/mol. The van der Waals surface area contributed by atoms with Crippen LogP contribution in [0.3, 0.4) is 0 Å². The van der Waals surface area contributed by atoms with Crippen molar-refractivity contribution in [3.05, 3.63) is 58.7 Å². The lowest BCUT2D eigenvalue weighted by molar-refractivity contribution is -0.142. The van der Waals surface area contributed by atoms with E-state index in [0.29, 0.717) is 26.4 Å². The highest BCUT2D eigenvalue weighted by molar-refractivity contribution is 6.04. The summed E-state index contributed by atoms with van der Waals surface area (Å²) in [4.78, 5) is 25.9. The molecule has 34 heavy (non-hydrogen) atoms. The standard InChI is InChI=1S/C28H38O6/c1-3-5-7-12-16-32-27(29)24-23-18-22(20-31-19-21-14-10-9-11-15-21)26(34-23)25(24)28(30)33-17-13-8-6-4-2/h9-11,14-15,18,23,26H,3-8,12-13,16-17,19-20H2,1-2H3. The largest absolute Gasteiger partial charge is 0.462 e. The van der Waals surface area contributed by atoms with Gasteiger partial charge >= 0.3 is 11.9 Å². The summed E-state index contributed by atoms with van der Waals surface area (Å²) in [5.41, 5.74) is 2.48. The predicted octanol–water partition coefficient (Wildman–Crippen LogP) is 5.45. The second-order valence-corrected chi connectivity index (χ2v) is 8.88. The molecule has 0 amide bonds. The van der Waals surface area contributed by atoms with Gasteiger partial charge in [-0.15, -0.1) is 0 Å². The number of hydrogen-bond acceptors (Lipinski definition) is 6. The zero-order chi connectivity index (χ0) is 24.2. The molecule has 1 aromatic carbocycles. The average molecular weight is 471 g/mol. The summed E-state index contributed by atoms with van der Waals surface area (Å²) < 4.78 is 22.9. The fourth-order valence-corrected chi connectivity index (χ4v) is 4.23. The third kappa shape index (κ3) is 7.28. The van der Waals surface area contributed by atoms with E-state index in [2.05, 4.69) is 13.8 Å². The average Bonchev–Trinajstić information content (AvgIpc) is 3.43. The topological polar surface area (TPSA) is 71.1 Å². The van der Waals surface area contributed by atoms with E-state index in [-0.39, 0.29) is 11.1 Å². The van der Waals surface area contributed by atoms with Gasteiger partial charge in [0, 0.05) is 0 Å². The summed E-state index contributed by atoms with van der Waals surface area (Å²) in [5.74, 6) is -0.974. The summed E-state index contributed by atoms with van der Waals surface area (Å²) in [6.07, 6.45) is 8.76. The van der Waals surface area contributed by atoms with Gasteiger partial charge in [0.25, 0.3) is 0 Å². The minimum Gasteiger partial charge on any atom is -0.462 e. The molecule has 0 fully saturated rings. The van der Waals surface area contributed by atoms with Crippen LogP contribution in [-0.4, -0.2) is 44.0 Å². The van der Waals surface area contributed by atoms with Crippen molar-refractivity contribution < 1.29 is 28.5 Å². The molecule has 0 saturated heterocycles. The van der Waals surface area contributed by atoms with Crippen molar-refractivity contribution in [1.29, 1.82) is 0 Å². The molecule has 0 aromatic heterocycles. The van der Waals surface area contributed by atoms with E-state index in [1.807, 2.05) is 36.4 Å². The van der Waals surface area contributed by atoms with E-state index in [0.717, 1.165) is 62.5 Å². The van der Waals surface area contributed by atoms with Crippen molar-refractivity contribution in [2.75, 3.05) is 19.8 Å². The van der Waals surface area contributed by atoms with Crippen LogP contribution < -0.4 is 0 Å². The Bertz CT molecular complexity index is 857. The normalized spacial score (nSPS) is 18.8. The molecular formula is C28H38O6. The molecule has 0 aliphatic carbocycles. The number of carbonyl (C=O) groups is 2. The summed E-state index contributed by atoms with van der Waals surface area (Å²) in [6, 6.07) is 9.90. The summed E-state index contributed by atoms with van der Waals surface area (Å²) in [7, 11) is 0. The van der Waals surface area contributed by atoms with Crippen LogP contribution in [0.5, 0.6) is 0 Å². The molecule has 0 spiro atoms. The van der Waals surface area contributed by atoms with Gasteiger partial charge in [-0.05, 0) is 30.1 Å². The first-order valence-electron chi connectivity index (χ1n) is 12.7. The Hall–Kier alpha value is -2.44. The number of unbranched alkanes of at least 4 members (excludes halogenated alkanes) is 6. The van der Waals surface area contributed by atoms with Crippen molar-refractivity contribution >= 4 is 11.9 Å². The number of ether oxygens (including phenoxy) is 4. The number of hydrogen-bond donors (Lipinski definition) is 0. The Kier molecular flexibility index (Phi) is 10.8. The third-order valence-electron chi connectivity index (χ3n) is 6.10. The molecule has 0 radical (unpaired) electrons. The molecule has 6 nitrogen and oxygen atoms in total. The van der Waals surface area contributed by atoms with Crippen LogP contribution in [0.4, 0.5) is 0 Å². The Balaban J connectivity index is 1.62. The summed E-state index contributed by atoms with van der Waals surface area (Å²) in [6.45, 7) is 5.73. The highest BCUT2D eigenvalue weighted by atomic mass is 16.6. The molecule has 2 unspecified atom stereocenters. The number of esters is 2. The smallest absolute Gasteiger partial charge is 0.337 e. The second-order valence-electron chi connectivity index (χ2n) is 8.88. The van der Waals surface area contributed by atoms with Crippen molar-refractivity contribution in [2.45, 2.75) is 84.0 Å². The molecule has 2 aliphatic heterocycles. The SMILES string of the molecule is CCCCCCOC(=O)C1=C(C(=O)OCCCCCC)C2OC1C=C2COCc1ccccc1. The lowest BCUT2D eigenvalue weighted by Gasteiger charge is -2.17. The molecule has 186 valence electrons. The molecule has 2 atom stereocenters.